The fraction of sp³-hybridized carbons (Fsp3) is 0.455. The molecular formula is C22H30FN3O3S. The molecule has 8 heteroatoms. The molecular weight excluding hydrogens is 405 g/mol. The molecule has 6 nitrogen and oxygen atoms in total. The van der Waals surface area contributed by atoms with Crippen molar-refractivity contribution in [2.75, 3.05) is 50.8 Å². The van der Waals surface area contributed by atoms with Gasteiger partial charge in [-0.25, -0.2) is 17.5 Å². The van der Waals surface area contributed by atoms with Crippen LogP contribution in [0.5, 0.6) is 5.75 Å². The molecule has 0 aromatic heterocycles. The number of hydrogen-bond acceptors (Lipinski definition) is 5. The lowest BCUT2D eigenvalue weighted by molar-refractivity contribution is 0.255. The Morgan fingerprint density at radius 1 is 1.00 bits per heavy atom. The van der Waals surface area contributed by atoms with Crippen molar-refractivity contribution in [1.82, 2.24) is 9.62 Å². The number of rotatable bonds is 10. The molecule has 1 aliphatic heterocycles. The second-order valence-corrected chi connectivity index (χ2v) is 9.14. The molecule has 0 spiro atoms. The molecule has 0 saturated carbocycles. The normalized spacial score (nSPS) is 15.3. The lowest BCUT2D eigenvalue weighted by atomic mass is 10.2. The summed E-state index contributed by atoms with van der Waals surface area (Å²) in [6.07, 6.45) is 1.65. The second kappa shape index (κ2) is 10.7. The van der Waals surface area contributed by atoms with E-state index in [0.29, 0.717) is 18.9 Å². The van der Waals surface area contributed by atoms with Gasteiger partial charge in [0, 0.05) is 38.4 Å². The fourth-order valence-corrected chi connectivity index (χ4v) is 4.48. The summed E-state index contributed by atoms with van der Waals surface area (Å²) in [7, 11) is -3.51. The van der Waals surface area contributed by atoms with E-state index in [9.17, 15) is 12.8 Å². The van der Waals surface area contributed by atoms with Crippen LogP contribution in [0.4, 0.5) is 10.1 Å². The van der Waals surface area contributed by atoms with Gasteiger partial charge in [-0.05, 0) is 67.9 Å². The Morgan fingerprint density at radius 2 is 1.67 bits per heavy atom. The highest BCUT2D eigenvalue weighted by molar-refractivity contribution is 7.89. The van der Waals surface area contributed by atoms with E-state index in [1.54, 1.807) is 24.3 Å². The van der Waals surface area contributed by atoms with Crippen molar-refractivity contribution in [3.8, 4) is 5.75 Å². The summed E-state index contributed by atoms with van der Waals surface area (Å²) in [6, 6.07) is 13.1. The number of hydrogen-bond donors (Lipinski definition) is 1. The maximum atomic E-state index is 13.1. The molecule has 1 saturated heterocycles. The quantitative estimate of drug-likeness (QED) is 0.581. The fourth-order valence-electron chi connectivity index (χ4n) is 3.41. The van der Waals surface area contributed by atoms with Gasteiger partial charge >= 0.3 is 0 Å². The summed E-state index contributed by atoms with van der Waals surface area (Å²) in [4.78, 5) is 4.82. The molecule has 0 unspecified atom stereocenters. The SMILES string of the molecule is CCCOc1ccc(S(=O)(=O)NCCCN2CCN(c3ccc(F)cc3)CC2)cc1. The van der Waals surface area contributed by atoms with E-state index >= 15 is 0 Å². The van der Waals surface area contributed by atoms with Crippen LogP contribution < -0.4 is 14.4 Å². The van der Waals surface area contributed by atoms with Gasteiger partial charge in [0.05, 0.1) is 11.5 Å². The van der Waals surface area contributed by atoms with Crippen LogP contribution in [-0.4, -0.2) is 59.2 Å². The molecule has 1 fully saturated rings. The van der Waals surface area contributed by atoms with Gasteiger partial charge in [0.15, 0.2) is 0 Å². The summed E-state index contributed by atoms with van der Waals surface area (Å²) in [5.41, 5.74) is 1.04. The molecule has 1 heterocycles. The minimum absolute atomic E-state index is 0.222. The van der Waals surface area contributed by atoms with Crippen LogP contribution in [-0.2, 0) is 10.0 Å². The van der Waals surface area contributed by atoms with Crippen molar-refractivity contribution in [2.24, 2.45) is 0 Å². The van der Waals surface area contributed by atoms with Crippen molar-refractivity contribution in [3.05, 3.63) is 54.3 Å². The molecule has 0 radical (unpaired) electrons. The van der Waals surface area contributed by atoms with Crippen molar-refractivity contribution < 1.29 is 17.5 Å². The lowest BCUT2D eigenvalue weighted by Crippen LogP contribution is -2.47. The molecule has 2 aromatic rings. The number of halogens is 1. The van der Waals surface area contributed by atoms with Crippen LogP contribution >= 0.6 is 0 Å². The smallest absolute Gasteiger partial charge is 0.240 e. The van der Waals surface area contributed by atoms with E-state index in [2.05, 4.69) is 14.5 Å². The number of nitrogens with one attached hydrogen (secondary N) is 1. The first-order valence-corrected chi connectivity index (χ1v) is 11.9. The van der Waals surface area contributed by atoms with E-state index in [4.69, 9.17) is 4.74 Å². The maximum Gasteiger partial charge on any atom is 0.240 e. The van der Waals surface area contributed by atoms with E-state index in [1.807, 2.05) is 19.1 Å². The van der Waals surface area contributed by atoms with Gasteiger partial charge in [-0.15, -0.1) is 0 Å². The highest BCUT2D eigenvalue weighted by Crippen LogP contribution is 2.18. The first-order valence-electron chi connectivity index (χ1n) is 10.4. The molecule has 30 heavy (non-hydrogen) atoms. The first kappa shape index (κ1) is 22.5. The van der Waals surface area contributed by atoms with Crippen LogP contribution in [0, 0.1) is 5.82 Å². The zero-order chi connectivity index (χ0) is 21.4. The number of ether oxygens (including phenoxy) is 1. The molecule has 1 N–H and O–H groups in total. The Bertz CT molecular complexity index is 881. The molecule has 164 valence electrons. The number of benzene rings is 2. The zero-order valence-electron chi connectivity index (χ0n) is 17.4. The van der Waals surface area contributed by atoms with Crippen LogP contribution in [0.3, 0.4) is 0 Å². The summed E-state index contributed by atoms with van der Waals surface area (Å²) in [5, 5.41) is 0. The van der Waals surface area contributed by atoms with E-state index in [0.717, 1.165) is 51.3 Å². The summed E-state index contributed by atoms with van der Waals surface area (Å²) in [5.74, 6) is 0.455. The Balaban J connectivity index is 1.38. The average Bonchev–Trinajstić information content (AvgIpc) is 2.77. The topological polar surface area (TPSA) is 61.9 Å². The predicted molar refractivity (Wildman–Crippen MR) is 117 cm³/mol. The third kappa shape index (κ3) is 6.42. The Labute approximate surface area is 178 Å². The molecule has 0 amide bonds. The van der Waals surface area contributed by atoms with Gasteiger partial charge in [0.25, 0.3) is 0 Å². The van der Waals surface area contributed by atoms with Crippen molar-refractivity contribution in [3.63, 3.8) is 0 Å². The molecule has 3 rings (SSSR count). The molecule has 0 bridgehead atoms. The van der Waals surface area contributed by atoms with Gasteiger partial charge in [-0.2, -0.15) is 0 Å². The minimum Gasteiger partial charge on any atom is -0.494 e. The van der Waals surface area contributed by atoms with Crippen molar-refractivity contribution in [2.45, 2.75) is 24.7 Å². The van der Waals surface area contributed by atoms with E-state index in [-0.39, 0.29) is 10.7 Å². The lowest BCUT2D eigenvalue weighted by Gasteiger charge is -2.36. The predicted octanol–water partition coefficient (Wildman–Crippen LogP) is 3.11. The minimum atomic E-state index is -3.51. The van der Waals surface area contributed by atoms with Crippen LogP contribution in [0.1, 0.15) is 19.8 Å². The second-order valence-electron chi connectivity index (χ2n) is 7.38. The molecule has 0 atom stereocenters. The average molecular weight is 436 g/mol. The molecule has 1 aliphatic rings. The van der Waals surface area contributed by atoms with Gasteiger partial charge in [0.2, 0.25) is 10.0 Å². The van der Waals surface area contributed by atoms with E-state index < -0.39 is 10.0 Å². The third-order valence-electron chi connectivity index (χ3n) is 5.11. The maximum absolute atomic E-state index is 13.1. The van der Waals surface area contributed by atoms with Gasteiger partial charge in [-0.1, -0.05) is 6.92 Å². The van der Waals surface area contributed by atoms with Gasteiger partial charge in [0.1, 0.15) is 11.6 Å². The van der Waals surface area contributed by atoms with E-state index in [1.165, 1.54) is 12.1 Å². The summed E-state index contributed by atoms with van der Waals surface area (Å²) < 4.78 is 46.1. The van der Waals surface area contributed by atoms with Crippen LogP contribution in [0.15, 0.2) is 53.4 Å². The number of nitrogens with zero attached hydrogens (tertiary/aromatic N) is 2. The summed E-state index contributed by atoms with van der Waals surface area (Å²) in [6.45, 7) is 7.44. The zero-order valence-corrected chi connectivity index (χ0v) is 18.2. The monoisotopic (exact) mass is 435 g/mol. The Hall–Kier alpha value is -2.16. The van der Waals surface area contributed by atoms with Crippen LogP contribution in [0.25, 0.3) is 0 Å². The van der Waals surface area contributed by atoms with Gasteiger partial charge in [-0.3, -0.25) is 4.90 Å². The third-order valence-corrected chi connectivity index (χ3v) is 6.59. The number of piperazine rings is 1. The highest BCUT2D eigenvalue weighted by atomic mass is 32.2. The van der Waals surface area contributed by atoms with Crippen molar-refractivity contribution in [1.29, 1.82) is 0 Å². The largest absolute Gasteiger partial charge is 0.494 e. The highest BCUT2D eigenvalue weighted by Gasteiger charge is 2.18. The van der Waals surface area contributed by atoms with Crippen LogP contribution in [0.2, 0.25) is 0 Å². The van der Waals surface area contributed by atoms with Crippen molar-refractivity contribution >= 4 is 15.7 Å². The first-order chi connectivity index (χ1) is 14.5. The van der Waals surface area contributed by atoms with Gasteiger partial charge < -0.3 is 9.64 Å². The molecule has 0 aliphatic carbocycles. The Morgan fingerprint density at radius 3 is 2.30 bits per heavy atom. The Kier molecular flexibility index (Phi) is 8.07. The number of anilines is 1. The standard InChI is InChI=1S/C22H30FN3O3S/c1-2-18-29-21-8-10-22(11-9-21)30(27,28)24-12-3-13-25-14-16-26(17-15-25)20-6-4-19(23)5-7-20/h4-11,24H,2-3,12-18H2,1H3. The molecule has 2 aromatic carbocycles. The number of sulfonamides is 1. The summed E-state index contributed by atoms with van der Waals surface area (Å²) >= 11 is 0.